The Bertz CT molecular complexity index is 427. The van der Waals surface area contributed by atoms with E-state index in [9.17, 15) is 0 Å². The highest BCUT2D eigenvalue weighted by atomic mass is 15.2. The van der Waals surface area contributed by atoms with E-state index in [0.717, 1.165) is 5.69 Å². The molecule has 0 fully saturated rings. The summed E-state index contributed by atoms with van der Waals surface area (Å²) in [5.41, 5.74) is 3.57. The van der Waals surface area contributed by atoms with Crippen molar-refractivity contribution in [2.75, 3.05) is 0 Å². The maximum absolute atomic E-state index is 4.49. The Morgan fingerprint density at radius 3 is 2.77 bits per heavy atom. The van der Waals surface area contributed by atoms with Gasteiger partial charge in [-0.05, 0) is 30.5 Å². The normalized spacial score (nSPS) is 11.4. The second kappa shape index (κ2) is 2.87. The van der Waals surface area contributed by atoms with Crippen LogP contribution in [0.1, 0.15) is 31.0 Å². The standard InChI is InChI=1S/C11H14N2/c1-8(2)11-6-10-5-4-9(3)7-13(10)12-11/h4-8H,1-3H3. The lowest BCUT2D eigenvalue weighted by Gasteiger charge is -1.95. The Hall–Kier alpha value is -1.31. The van der Waals surface area contributed by atoms with E-state index in [1.807, 2.05) is 4.52 Å². The molecule has 2 heteroatoms. The molecule has 2 aromatic rings. The van der Waals surface area contributed by atoms with E-state index in [2.05, 4.69) is 50.3 Å². The predicted molar refractivity (Wildman–Crippen MR) is 54.0 cm³/mol. The van der Waals surface area contributed by atoms with E-state index in [1.54, 1.807) is 0 Å². The molecule has 68 valence electrons. The third-order valence-corrected chi connectivity index (χ3v) is 2.22. The van der Waals surface area contributed by atoms with Crippen LogP contribution in [0.25, 0.3) is 5.52 Å². The number of rotatable bonds is 1. The molecule has 13 heavy (non-hydrogen) atoms. The molecule has 0 aliphatic carbocycles. The number of pyridine rings is 1. The predicted octanol–water partition coefficient (Wildman–Crippen LogP) is 2.77. The minimum Gasteiger partial charge on any atom is -0.240 e. The van der Waals surface area contributed by atoms with Gasteiger partial charge in [-0.1, -0.05) is 19.9 Å². The molecule has 0 aliphatic heterocycles. The summed E-state index contributed by atoms with van der Waals surface area (Å²) < 4.78 is 1.95. The molecule has 0 aliphatic rings. The summed E-state index contributed by atoms with van der Waals surface area (Å²) in [6.45, 7) is 6.40. The first-order valence-corrected chi connectivity index (χ1v) is 4.63. The van der Waals surface area contributed by atoms with Crippen molar-refractivity contribution in [1.29, 1.82) is 0 Å². The van der Waals surface area contributed by atoms with Crippen molar-refractivity contribution in [3.05, 3.63) is 35.7 Å². The highest BCUT2D eigenvalue weighted by Gasteiger charge is 2.04. The zero-order valence-corrected chi connectivity index (χ0v) is 8.28. The van der Waals surface area contributed by atoms with Crippen LogP contribution in [0.15, 0.2) is 24.4 Å². The van der Waals surface area contributed by atoms with Crippen LogP contribution >= 0.6 is 0 Å². The summed E-state index contributed by atoms with van der Waals surface area (Å²) in [5, 5.41) is 4.49. The van der Waals surface area contributed by atoms with Crippen molar-refractivity contribution in [1.82, 2.24) is 9.61 Å². The zero-order valence-electron chi connectivity index (χ0n) is 8.28. The molecule has 0 unspecified atom stereocenters. The molecule has 0 spiro atoms. The fraction of sp³-hybridized carbons (Fsp3) is 0.364. The Morgan fingerprint density at radius 2 is 2.08 bits per heavy atom. The molecule has 2 aromatic heterocycles. The number of fused-ring (bicyclic) bond motifs is 1. The van der Waals surface area contributed by atoms with Crippen molar-refractivity contribution >= 4 is 5.52 Å². The van der Waals surface area contributed by atoms with Crippen LogP contribution in [0.3, 0.4) is 0 Å². The lowest BCUT2D eigenvalue weighted by atomic mass is 10.1. The molecular weight excluding hydrogens is 160 g/mol. The smallest absolute Gasteiger partial charge is 0.0664 e. The monoisotopic (exact) mass is 174 g/mol. The second-order valence-corrected chi connectivity index (χ2v) is 3.80. The van der Waals surface area contributed by atoms with Crippen LogP contribution in [0.4, 0.5) is 0 Å². The van der Waals surface area contributed by atoms with Crippen LogP contribution in [0.2, 0.25) is 0 Å². The molecule has 0 radical (unpaired) electrons. The molecule has 0 bridgehead atoms. The van der Waals surface area contributed by atoms with Crippen LogP contribution in [0.5, 0.6) is 0 Å². The van der Waals surface area contributed by atoms with E-state index in [0.29, 0.717) is 5.92 Å². The van der Waals surface area contributed by atoms with E-state index < -0.39 is 0 Å². The van der Waals surface area contributed by atoms with Gasteiger partial charge in [-0.2, -0.15) is 5.10 Å². The van der Waals surface area contributed by atoms with Gasteiger partial charge in [-0.3, -0.25) is 0 Å². The highest BCUT2D eigenvalue weighted by Crippen LogP contribution is 2.15. The quantitative estimate of drug-likeness (QED) is 0.649. The number of nitrogens with zero attached hydrogens (tertiary/aromatic N) is 2. The summed E-state index contributed by atoms with van der Waals surface area (Å²) >= 11 is 0. The van der Waals surface area contributed by atoms with Gasteiger partial charge >= 0.3 is 0 Å². The SMILES string of the molecule is Cc1ccc2cc(C(C)C)nn2c1. The minimum atomic E-state index is 0.500. The van der Waals surface area contributed by atoms with Crippen molar-refractivity contribution in [2.45, 2.75) is 26.7 Å². The summed E-state index contributed by atoms with van der Waals surface area (Å²) in [6, 6.07) is 6.36. The summed E-state index contributed by atoms with van der Waals surface area (Å²) in [4.78, 5) is 0. The third kappa shape index (κ3) is 1.44. The Balaban J connectivity index is 2.62. The Labute approximate surface area is 78.2 Å². The van der Waals surface area contributed by atoms with Gasteiger partial charge in [0.2, 0.25) is 0 Å². The lowest BCUT2D eigenvalue weighted by molar-refractivity contribution is 0.787. The molecule has 2 rings (SSSR count). The van der Waals surface area contributed by atoms with E-state index in [-0.39, 0.29) is 0 Å². The average Bonchev–Trinajstić information content (AvgIpc) is 2.46. The van der Waals surface area contributed by atoms with Crippen molar-refractivity contribution in [3.63, 3.8) is 0 Å². The molecule has 0 saturated heterocycles. The first-order valence-electron chi connectivity index (χ1n) is 4.63. The van der Waals surface area contributed by atoms with Crippen LogP contribution in [-0.2, 0) is 0 Å². The lowest BCUT2D eigenvalue weighted by Crippen LogP contribution is -1.90. The van der Waals surface area contributed by atoms with Crippen LogP contribution < -0.4 is 0 Å². The Kier molecular flexibility index (Phi) is 1.83. The molecule has 0 amide bonds. The van der Waals surface area contributed by atoms with Crippen LogP contribution in [0, 0.1) is 6.92 Å². The van der Waals surface area contributed by atoms with Gasteiger partial charge in [0.05, 0.1) is 11.2 Å². The largest absolute Gasteiger partial charge is 0.240 e. The fourth-order valence-electron chi connectivity index (χ4n) is 1.39. The van der Waals surface area contributed by atoms with Gasteiger partial charge in [0.1, 0.15) is 0 Å². The molecule has 0 saturated carbocycles. The summed E-state index contributed by atoms with van der Waals surface area (Å²) in [6.07, 6.45) is 2.06. The first-order chi connectivity index (χ1) is 6.16. The topological polar surface area (TPSA) is 17.3 Å². The van der Waals surface area contributed by atoms with Crippen LogP contribution in [-0.4, -0.2) is 9.61 Å². The van der Waals surface area contributed by atoms with Crippen molar-refractivity contribution < 1.29 is 0 Å². The van der Waals surface area contributed by atoms with E-state index >= 15 is 0 Å². The molecule has 0 aromatic carbocycles. The number of aromatic nitrogens is 2. The first kappa shape index (κ1) is 8.30. The van der Waals surface area contributed by atoms with E-state index in [1.165, 1.54) is 11.1 Å². The number of aryl methyl sites for hydroxylation is 1. The summed E-state index contributed by atoms with van der Waals surface area (Å²) in [5.74, 6) is 0.500. The maximum atomic E-state index is 4.49. The highest BCUT2D eigenvalue weighted by molar-refractivity contribution is 5.48. The van der Waals surface area contributed by atoms with Gasteiger partial charge in [0, 0.05) is 6.20 Å². The average molecular weight is 174 g/mol. The van der Waals surface area contributed by atoms with Gasteiger partial charge in [-0.25, -0.2) is 4.52 Å². The van der Waals surface area contributed by atoms with Gasteiger partial charge in [-0.15, -0.1) is 0 Å². The maximum Gasteiger partial charge on any atom is 0.0664 e. The molecular formula is C11H14N2. The van der Waals surface area contributed by atoms with E-state index in [4.69, 9.17) is 0 Å². The van der Waals surface area contributed by atoms with Gasteiger partial charge in [0.25, 0.3) is 0 Å². The Morgan fingerprint density at radius 1 is 1.31 bits per heavy atom. The molecule has 0 atom stereocenters. The molecule has 0 N–H and O–H groups in total. The fourth-order valence-corrected chi connectivity index (χ4v) is 1.39. The third-order valence-electron chi connectivity index (χ3n) is 2.22. The number of hydrogen-bond donors (Lipinski definition) is 0. The molecule has 2 nitrogen and oxygen atoms in total. The zero-order chi connectivity index (χ0) is 9.42. The minimum absolute atomic E-state index is 0.500. The van der Waals surface area contributed by atoms with Gasteiger partial charge < -0.3 is 0 Å². The van der Waals surface area contributed by atoms with Crippen molar-refractivity contribution in [2.24, 2.45) is 0 Å². The summed E-state index contributed by atoms with van der Waals surface area (Å²) in [7, 11) is 0. The molecule has 2 heterocycles. The number of hydrogen-bond acceptors (Lipinski definition) is 1. The second-order valence-electron chi connectivity index (χ2n) is 3.80. The van der Waals surface area contributed by atoms with Gasteiger partial charge in [0.15, 0.2) is 0 Å². The van der Waals surface area contributed by atoms with Crippen molar-refractivity contribution in [3.8, 4) is 0 Å².